The lowest BCUT2D eigenvalue weighted by Crippen LogP contribution is -2.52. The van der Waals surface area contributed by atoms with Gasteiger partial charge in [-0.1, -0.05) is 0 Å². The van der Waals surface area contributed by atoms with Gasteiger partial charge in [-0.05, 0) is 43.4 Å². The number of anilines is 1. The van der Waals surface area contributed by atoms with Crippen LogP contribution in [0.25, 0.3) is 10.9 Å². The number of hydrogen-bond donors (Lipinski definition) is 0. The molecule has 0 spiro atoms. The fourth-order valence-corrected chi connectivity index (χ4v) is 4.49. The molecule has 0 N–H and O–H groups in total. The van der Waals surface area contributed by atoms with E-state index in [4.69, 9.17) is 0 Å². The smallest absolute Gasteiger partial charge is 0.261 e. The van der Waals surface area contributed by atoms with Crippen LogP contribution < -0.4 is 10.5 Å². The molecule has 3 aliphatic rings. The second kappa shape index (κ2) is 6.88. The second-order valence-corrected chi connectivity index (χ2v) is 8.43. The Hall–Kier alpha value is -2.41. The molecular weight excluding hydrogens is 354 g/mol. The number of likely N-dealkylation sites (N-methyl/N-ethyl adjacent to an activating group) is 1. The average Bonchev–Trinajstić information content (AvgIpc) is 3.48. The van der Waals surface area contributed by atoms with Gasteiger partial charge >= 0.3 is 0 Å². The molecule has 1 saturated carbocycles. The van der Waals surface area contributed by atoms with Crippen molar-refractivity contribution in [2.24, 2.45) is 5.92 Å². The highest BCUT2D eigenvalue weighted by Gasteiger charge is 2.35. The number of rotatable bonds is 4. The molecule has 1 aliphatic carbocycles. The van der Waals surface area contributed by atoms with Crippen LogP contribution in [0.1, 0.15) is 19.3 Å². The predicted octanol–water partition coefficient (Wildman–Crippen LogP) is 1.16. The molecule has 2 aliphatic heterocycles. The topological polar surface area (TPSA) is 61.7 Å². The molecule has 1 atom stereocenters. The Labute approximate surface area is 164 Å². The van der Waals surface area contributed by atoms with E-state index in [0.717, 1.165) is 56.9 Å². The number of benzene rings is 1. The van der Waals surface area contributed by atoms with Crippen molar-refractivity contribution in [2.45, 2.75) is 31.8 Å². The first-order valence-corrected chi connectivity index (χ1v) is 10.3. The maximum atomic E-state index is 12.7. The van der Waals surface area contributed by atoms with Gasteiger partial charge in [0.2, 0.25) is 5.91 Å². The molecule has 3 heterocycles. The van der Waals surface area contributed by atoms with E-state index in [1.165, 1.54) is 12.8 Å². The predicted molar refractivity (Wildman–Crippen MR) is 109 cm³/mol. The third-order valence-corrected chi connectivity index (χ3v) is 6.48. The Morgan fingerprint density at radius 1 is 1.04 bits per heavy atom. The van der Waals surface area contributed by atoms with Crippen molar-refractivity contribution in [3.63, 3.8) is 0 Å². The van der Waals surface area contributed by atoms with E-state index in [2.05, 4.69) is 14.8 Å². The van der Waals surface area contributed by atoms with Gasteiger partial charge in [0.15, 0.2) is 0 Å². The summed E-state index contributed by atoms with van der Waals surface area (Å²) in [6.07, 6.45) is 5.07. The molecule has 0 bridgehead atoms. The standard InChI is InChI=1S/C21H27N5O2/c1-23-7-6-19(21(23)28)25-10-8-24(9-11-25)16-4-5-17-18(12-16)22-14-26(20(17)27)13-15-2-3-15/h4-5,12,14-15,19H,2-3,6-11,13H2,1H3. The summed E-state index contributed by atoms with van der Waals surface area (Å²) >= 11 is 0. The molecule has 7 heteroatoms. The molecule has 1 aromatic carbocycles. The molecule has 7 nitrogen and oxygen atoms in total. The van der Waals surface area contributed by atoms with Crippen molar-refractivity contribution in [2.75, 3.05) is 44.7 Å². The highest BCUT2D eigenvalue weighted by atomic mass is 16.2. The fraction of sp³-hybridized carbons (Fsp3) is 0.571. The van der Waals surface area contributed by atoms with Crippen molar-refractivity contribution in [3.05, 3.63) is 34.9 Å². The van der Waals surface area contributed by atoms with E-state index in [1.54, 1.807) is 10.9 Å². The molecule has 0 radical (unpaired) electrons. The van der Waals surface area contributed by atoms with Gasteiger partial charge in [-0.25, -0.2) is 4.98 Å². The number of amides is 1. The van der Waals surface area contributed by atoms with Crippen LogP contribution in [0.5, 0.6) is 0 Å². The molecule has 5 rings (SSSR count). The quantitative estimate of drug-likeness (QED) is 0.795. The molecule has 1 amide bonds. The van der Waals surface area contributed by atoms with E-state index in [1.807, 2.05) is 30.1 Å². The van der Waals surface area contributed by atoms with Crippen LogP contribution in [-0.2, 0) is 11.3 Å². The first-order chi connectivity index (χ1) is 13.6. The second-order valence-electron chi connectivity index (χ2n) is 8.43. The third kappa shape index (κ3) is 3.17. The Bertz CT molecular complexity index is 959. The molecule has 3 fully saturated rings. The number of likely N-dealkylation sites (tertiary alicyclic amines) is 1. The Kier molecular flexibility index (Phi) is 4.34. The highest BCUT2D eigenvalue weighted by molar-refractivity contribution is 5.84. The van der Waals surface area contributed by atoms with Crippen molar-refractivity contribution in [1.29, 1.82) is 0 Å². The first kappa shape index (κ1) is 17.7. The van der Waals surface area contributed by atoms with Crippen molar-refractivity contribution >= 4 is 22.5 Å². The van der Waals surface area contributed by atoms with Crippen LogP contribution in [0.3, 0.4) is 0 Å². The zero-order chi connectivity index (χ0) is 19.3. The van der Waals surface area contributed by atoms with Crippen molar-refractivity contribution < 1.29 is 4.79 Å². The van der Waals surface area contributed by atoms with Gasteiger partial charge < -0.3 is 9.80 Å². The summed E-state index contributed by atoms with van der Waals surface area (Å²) in [6, 6.07) is 6.04. The highest BCUT2D eigenvalue weighted by Crippen LogP contribution is 2.30. The van der Waals surface area contributed by atoms with E-state index in [-0.39, 0.29) is 17.5 Å². The number of hydrogen-bond acceptors (Lipinski definition) is 5. The molecule has 1 unspecified atom stereocenters. The number of carbonyl (C=O) groups excluding carboxylic acids is 1. The zero-order valence-electron chi connectivity index (χ0n) is 16.4. The lowest BCUT2D eigenvalue weighted by Gasteiger charge is -2.38. The molecule has 1 aromatic heterocycles. The Balaban J connectivity index is 1.30. The maximum absolute atomic E-state index is 12.7. The fourth-order valence-electron chi connectivity index (χ4n) is 4.49. The minimum absolute atomic E-state index is 0.0513. The van der Waals surface area contributed by atoms with Gasteiger partial charge in [0.1, 0.15) is 0 Å². The van der Waals surface area contributed by atoms with Gasteiger partial charge in [0.25, 0.3) is 5.56 Å². The van der Waals surface area contributed by atoms with Crippen LogP contribution in [0, 0.1) is 5.92 Å². The molecule has 28 heavy (non-hydrogen) atoms. The average molecular weight is 381 g/mol. The summed E-state index contributed by atoms with van der Waals surface area (Å²) in [5, 5.41) is 0.699. The molecule has 2 saturated heterocycles. The summed E-state index contributed by atoms with van der Waals surface area (Å²) in [5.74, 6) is 0.907. The monoisotopic (exact) mass is 381 g/mol. The molecule has 2 aromatic rings. The van der Waals surface area contributed by atoms with Crippen LogP contribution in [0.2, 0.25) is 0 Å². The molecular formula is C21H27N5O2. The summed E-state index contributed by atoms with van der Waals surface area (Å²) in [4.78, 5) is 36.0. The van der Waals surface area contributed by atoms with Gasteiger partial charge in [0, 0.05) is 52.0 Å². The molecule has 148 valence electrons. The number of carbonyl (C=O) groups is 1. The normalized spacial score (nSPS) is 23.8. The Morgan fingerprint density at radius 3 is 2.50 bits per heavy atom. The van der Waals surface area contributed by atoms with Gasteiger partial charge in [0.05, 0.1) is 23.3 Å². The van der Waals surface area contributed by atoms with Crippen molar-refractivity contribution in [3.8, 4) is 0 Å². The van der Waals surface area contributed by atoms with Crippen LogP contribution in [0.4, 0.5) is 5.69 Å². The lowest BCUT2D eigenvalue weighted by atomic mass is 10.1. The number of fused-ring (bicyclic) bond motifs is 1. The van der Waals surface area contributed by atoms with Crippen LogP contribution in [-0.4, -0.2) is 71.1 Å². The Morgan fingerprint density at radius 2 is 1.82 bits per heavy atom. The summed E-state index contributed by atoms with van der Waals surface area (Å²) in [6.45, 7) is 5.20. The third-order valence-electron chi connectivity index (χ3n) is 6.48. The first-order valence-electron chi connectivity index (χ1n) is 10.3. The van der Waals surface area contributed by atoms with Crippen molar-refractivity contribution in [1.82, 2.24) is 19.4 Å². The van der Waals surface area contributed by atoms with E-state index in [9.17, 15) is 9.59 Å². The van der Waals surface area contributed by atoms with Gasteiger partial charge in [-0.15, -0.1) is 0 Å². The SMILES string of the molecule is CN1CCC(N2CCN(c3ccc4c(=O)n(CC5CC5)cnc4c3)CC2)C1=O. The maximum Gasteiger partial charge on any atom is 0.261 e. The van der Waals surface area contributed by atoms with E-state index < -0.39 is 0 Å². The summed E-state index contributed by atoms with van der Waals surface area (Å²) in [7, 11) is 1.89. The zero-order valence-corrected chi connectivity index (χ0v) is 16.4. The van der Waals surface area contributed by atoms with Gasteiger partial charge in [-0.3, -0.25) is 19.1 Å². The minimum atomic E-state index is 0.0513. The number of piperazine rings is 1. The number of aromatic nitrogens is 2. The largest absolute Gasteiger partial charge is 0.369 e. The van der Waals surface area contributed by atoms with E-state index >= 15 is 0 Å². The summed E-state index contributed by atoms with van der Waals surface area (Å²) < 4.78 is 1.76. The lowest BCUT2D eigenvalue weighted by molar-refractivity contribution is -0.131. The van der Waals surface area contributed by atoms with Crippen LogP contribution in [0.15, 0.2) is 29.3 Å². The summed E-state index contributed by atoms with van der Waals surface area (Å²) in [5.41, 5.74) is 1.94. The minimum Gasteiger partial charge on any atom is -0.369 e. The van der Waals surface area contributed by atoms with E-state index in [0.29, 0.717) is 11.3 Å². The van der Waals surface area contributed by atoms with Gasteiger partial charge in [-0.2, -0.15) is 0 Å². The number of nitrogens with zero attached hydrogens (tertiary/aromatic N) is 5. The van der Waals surface area contributed by atoms with Crippen LogP contribution >= 0.6 is 0 Å².